The Balaban J connectivity index is 3.92. The lowest BCUT2D eigenvalue weighted by atomic mass is 10.2. The molecule has 0 aromatic rings. The molecule has 0 radical (unpaired) electrons. The number of hydrogen-bond donors (Lipinski definition) is 0. The first kappa shape index (κ1) is 11.1. The maximum atomic E-state index is 11.6. The maximum absolute atomic E-state index is 11.6. The molecule has 0 aromatic heterocycles. The van der Waals surface area contributed by atoms with Crippen molar-refractivity contribution in [1.29, 1.82) is 0 Å². The lowest BCUT2D eigenvalue weighted by Gasteiger charge is -2.21. The second-order valence-electron chi connectivity index (χ2n) is 2.22. The van der Waals surface area contributed by atoms with Crippen molar-refractivity contribution < 1.29 is 27.8 Å². The Hall–Kier alpha value is -0.940. The standard InChI is InChI=1S/C6H9F3O3/c1-2-4(12-5(10)11)3-6(7,8)9/h4H,2-3H2,1H3,(H,10,11)/p-1. The van der Waals surface area contributed by atoms with E-state index in [0.717, 1.165) is 0 Å². The number of halogens is 3. The minimum Gasteiger partial charge on any atom is -0.546 e. The quantitative estimate of drug-likeness (QED) is 0.618. The summed E-state index contributed by atoms with van der Waals surface area (Å²) < 4.78 is 38.8. The molecular formula is C6H8F3O3-. The summed E-state index contributed by atoms with van der Waals surface area (Å²) in [6.45, 7) is 1.40. The van der Waals surface area contributed by atoms with Crippen molar-refractivity contribution in [3.05, 3.63) is 0 Å². The third-order valence-corrected chi connectivity index (χ3v) is 1.18. The number of hydrogen-bond acceptors (Lipinski definition) is 3. The molecule has 0 N–H and O–H groups in total. The molecule has 0 amide bonds. The SMILES string of the molecule is CCC(CC(F)(F)F)OC(=O)[O-]. The van der Waals surface area contributed by atoms with Gasteiger partial charge in [-0.15, -0.1) is 0 Å². The van der Waals surface area contributed by atoms with Gasteiger partial charge in [0, 0.05) is 6.10 Å². The van der Waals surface area contributed by atoms with Gasteiger partial charge in [-0.25, -0.2) is 0 Å². The highest BCUT2D eigenvalue weighted by Crippen LogP contribution is 2.24. The molecule has 0 aliphatic rings. The van der Waals surface area contributed by atoms with Crippen molar-refractivity contribution in [3.8, 4) is 0 Å². The van der Waals surface area contributed by atoms with Gasteiger partial charge >= 0.3 is 6.18 Å². The zero-order chi connectivity index (χ0) is 9.78. The second-order valence-corrected chi connectivity index (χ2v) is 2.22. The van der Waals surface area contributed by atoms with Crippen molar-refractivity contribution in [1.82, 2.24) is 0 Å². The van der Waals surface area contributed by atoms with Crippen LogP contribution in [0, 0.1) is 0 Å². The smallest absolute Gasteiger partial charge is 0.391 e. The van der Waals surface area contributed by atoms with Gasteiger partial charge in [0.2, 0.25) is 0 Å². The fraction of sp³-hybridized carbons (Fsp3) is 0.833. The molecule has 0 bridgehead atoms. The number of carbonyl (C=O) groups is 1. The first-order valence-corrected chi connectivity index (χ1v) is 3.29. The molecule has 3 nitrogen and oxygen atoms in total. The van der Waals surface area contributed by atoms with Gasteiger partial charge in [0.15, 0.2) is 0 Å². The first-order chi connectivity index (χ1) is 5.35. The largest absolute Gasteiger partial charge is 0.546 e. The Morgan fingerprint density at radius 3 is 2.33 bits per heavy atom. The predicted octanol–water partition coefficient (Wildman–Crippen LogP) is 1.08. The van der Waals surface area contributed by atoms with Crippen LogP contribution < -0.4 is 5.11 Å². The van der Waals surface area contributed by atoms with Crippen molar-refractivity contribution in [2.24, 2.45) is 0 Å². The van der Waals surface area contributed by atoms with E-state index < -0.39 is 24.9 Å². The molecule has 6 heteroatoms. The van der Waals surface area contributed by atoms with E-state index in [-0.39, 0.29) is 6.42 Å². The van der Waals surface area contributed by atoms with E-state index in [2.05, 4.69) is 4.74 Å². The topological polar surface area (TPSA) is 49.4 Å². The molecule has 0 heterocycles. The van der Waals surface area contributed by atoms with E-state index in [1.54, 1.807) is 0 Å². The first-order valence-electron chi connectivity index (χ1n) is 3.29. The maximum Gasteiger partial charge on any atom is 0.391 e. The molecule has 0 aliphatic carbocycles. The monoisotopic (exact) mass is 185 g/mol. The summed E-state index contributed by atoms with van der Waals surface area (Å²) in [5.74, 6) is 0. The van der Waals surface area contributed by atoms with Crippen LogP contribution in [0.1, 0.15) is 19.8 Å². The van der Waals surface area contributed by atoms with Crippen LogP contribution in [0.2, 0.25) is 0 Å². The van der Waals surface area contributed by atoms with Gasteiger partial charge in [-0.05, 0) is 6.42 Å². The van der Waals surface area contributed by atoms with Gasteiger partial charge in [0.25, 0.3) is 6.16 Å². The highest BCUT2D eigenvalue weighted by atomic mass is 19.4. The Morgan fingerprint density at radius 2 is 2.08 bits per heavy atom. The Morgan fingerprint density at radius 1 is 1.58 bits per heavy atom. The third kappa shape index (κ3) is 5.82. The fourth-order valence-corrected chi connectivity index (χ4v) is 0.664. The van der Waals surface area contributed by atoms with E-state index in [0.29, 0.717) is 0 Å². The van der Waals surface area contributed by atoms with Crippen LogP contribution in [0.3, 0.4) is 0 Å². The number of alkyl halides is 3. The third-order valence-electron chi connectivity index (χ3n) is 1.18. The molecular weight excluding hydrogens is 177 g/mol. The van der Waals surface area contributed by atoms with Crippen molar-refractivity contribution in [3.63, 3.8) is 0 Å². The summed E-state index contributed by atoms with van der Waals surface area (Å²) in [6.07, 6.45) is -8.97. The van der Waals surface area contributed by atoms with E-state index in [1.807, 2.05) is 0 Å². The second kappa shape index (κ2) is 4.18. The number of carbonyl (C=O) groups excluding carboxylic acids is 1. The fourth-order valence-electron chi connectivity index (χ4n) is 0.664. The van der Waals surface area contributed by atoms with E-state index in [9.17, 15) is 23.1 Å². The van der Waals surface area contributed by atoms with Crippen molar-refractivity contribution in [2.75, 3.05) is 0 Å². The summed E-state index contributed by atoms with van der Waals surface area (Å²) in [5.41, 5.74) is 0. The van der Waals surface area contributed by atoms with Gasteiger partial charge < -0.3 is 14.6 Å². The molecule has 0 spiro atoms. The minimum atomic E-state index is -4.41. The summed E-state index contributed by atoms with van der Waals surface area (Å²) >= 11 is 0. The zero-order valence-corrected chi connectivity index (χ0v) is 6.35. The van der Waals surface area contributed by atoms with Crippen molar-refractivity contribution in [2.45, 2.75) is 32.0 Å². The molecule has 0 saturated heterocycles. The van der Waals surface area contributed by atoms with E-state index >= 15 is 0 Å². The molecule has 0 aromatic carbocycles. The van der Waals surface area contributed by atoms with E-state index in [1.165, 1.54) is 6.92 Å². The number of carboxylic acid groups (broad SMARTS) is 1. The lowest BCUT2D eigenvalue weighted by molar-refractivity contribution is -0.290. The summed E-state index contributed by atoms with van der Waals surface area (Å²) in [5, 5.41) is 9.75. The molecule has 72 valence electrons. The molecule has 0 fully saturated rings. The molecule has 0 saturated carbocycles. The molecule has 1 unspecified atom stereocenters. The van der Waals surface area contributed by atoms with Crippen LogP contribution in [0.25, 0.3) is 0 Å². The van der Waals surface area contributed by atoms with Crippen LogP contribution in [0.4, 0.5) is 18.0 Å². The average molecular weight is 185 g/mol. The van der Waals surface area contributed by atoms with Crippen LogP contribution in [0.15, 0.2) is 0 Å². The van der Waals surface area contributed by atoms with Crippen LogP contribution in [-0.4, -0.2) is 18.4 Å². The van der Waals surface area contributed by atoms with Gasteiger partial charge in [-0.3, -0.25) is 0 Å². The van der Waals surface area contributed by atoms with Gasteiger partial charge in [-0.1, -0.05) is 6.92 Å². The Bertz CT molecular complexity index is 155. The van der Waals surface area contributed by atoms with Crippen molar-refractivity contribution >= 4 is 6.16 Å². The average Bonchev–Trinajstić information content (AvgIpc) is 1.82. The van der Waals surface area contributed by atoms with Crippen LogP contribution >= 0.6 is 0 Å². The van der Waals surface area contributed by atoms with Crippen LogP contribution in [0.5, 0.6) is 0 Å². The molecule has 0 rings (SSSR count). The Labute approximate surface area is 67.1 Å². The van der Waals surface area contributed by atoms with Gasteiger partial charge in [0.05, 0.1) is 6.42 Å². The Kier molecular flexibility index (Phi) is 3.85. The van der Waals surface area contributed by atoms with Crippen LogP contribution in [-0.2, 0) is 4.74 Å². The zero-order valence-electron chi connectivity index (χ0n) is 6.35. The predicted molar refractivity (Wildman–Crippen MR) is 31.2 cm³/mol. The number of ether oxygens (including phenoxy) is 1. The van der Waals surface area contributed by atoms with Gasteiger partial charge in [0.1, 0.15) is 0 Å². The van der Waals surface area contributed by atoms with E-state index in [4.69, 9.17) is 0 Å². The molecule has 0 aliphatic heterocycles. The highest BCUT2D eigenvalue weighted by Gasteiger charge is 2.30. The number of rotatable bonds is 3. The molecule has 12 heavy (non-hydrogen) atoms. The van der Waals surface area contributed by atoms with Gasteiger partial charge in [-0.2, -0.15) is 13.2 Å². The summed E-state index contributed by atoms with van der Waals surface area (Å²) in [6, 6.07) is 0. The normalized spacial score (nSPS) is 14.0. The summed E-state index contributed by atoms with van der Waals surface area (Å²) in [7, 11) is 0. The lowest BCUT2D eigenvalue weighted by Crippen LogP contribution is -2.31. The summed E-state index contributed by atoms with van der Waals surface area (Å²) in [4.78, 5) is 9.75. The minimum absolute atomic E-state index is 0.0203. The molecule has 1 atom stereocenters. The highest BCUT2D eigenvalue weighted by molar-refractivity contribution is 5.54.